The van der Waals surface area contributed by atoms with Crippen molar-refractivity contribution in [2.24, 2.45) is 4.99 Å². The molecule has 1 N–H and O–H groups in total. The van der Waals surface area contributed by atoms with E-state index >= 15 is 0 Å². The number of hydrazine groups is 1. The molecule has 1 aromatic carbocycles. The zero-order valence-electron chi connectivity index (χ0n) is 15.3. The van der Waals surface area contributed by atoms with Crippen molar-refractivity contribution in [3.05, 3.63) is 59.4 Å². The number of fused-ring (bicyclic) bond motifs is 1. The van der Waals surface area contributed by atoms with E-state index in [-0.39, 0.29) is 18.5 Å². The highest BCUT2D eigenvalue weighted by Crippen LogP contribution is 2.40. The van der Waals surface area contributed by atoms with Crippen molar-refractivity contribution in [3.63, 3.8) is 0 Å². The summed E-state index contributed by atoms with van der Waals surface area (Å²) >= 11 is 0. The van der Waals surface area contributed by atoms with Crippen LogP contribution in [0.2, 0.25) is 0 Å². The van der Waals surface area contributed by atoms with Crippen LogP contribution in [0.3, 0.4) is 0 Å². The Kier molecular flexibility index (Phi) is 4.23. The summed E-state index contributed by atoms with van der Waals surface area (Å²) in [5.74, 6) is 1.72. The lowest BCUT2D eigenvalue weighted by molar-refractivity contribution is -0.0778. The summed E-state index contributed by atoms with van der Waals surface area (Å²) in [5, 5.41) is 14.3. The van der Waals surface area contributed by atoms with Crippen LogP contribution in [0.4, 0.5) is 4.39 Å². The van der Waals surface area contributed by atoms with Crippen molar-refractivity contribution >= 4 is 6.21 Å². The number of benzene rings is 1. The Hall–Kier alpha value is -2.34. The van der Waals surface area contributed by atoms with Crippen LogP contribution in [0.25, 0.3) is 0 Å². The first-order valence-corrected chi connectivity index (χ1v) is 9.16. The minimum Gasteiger partial charge on any atom is -0.394 e. The van der Waals surface area contributed by atoms with Crippen LogP contribution in [-0.2, 0) is 0 Å². The lowest BCUT2D eigenvalue weighted by Crippen LogP contribution is -2.58. The lowest BCUT2D eigenvalue weighted by Gasteiger charge is -2.50. The minimum atomic E-state index is -0.478. The van der Waals surface area contributed by atoms with E-state index in [1.165, 1.54) is 6.07 Å². The molecule has 4 rings (SSSR count). The third-order valence-electron chi connectivity index (χ3n) is 5.32. The highest BCUT2D eigenvalue weighted by Gasteiger charge is 2.41. The first-order valence-electron chi connectivity index (χ1n) is 9.16. The van der Waals surface area contributed by atoms with Gasteiger partial charge >= 0.3 is 0 Å². The fourth-order valence-electron chi connectivity index (χ4n) is 4.05. The molecule has 0 radical (unpaired) electrons. The Bertz CT molecular complexity index is 786. The van der Waals surface area contributed by atoms with E-state index in [0.717, 1.165) is 36.6 Å². The molecule has 0 spiro atoms. The van der Waals surface area contributed by atoms with Crippen LogP contribution >= 0.6 is 0 Å². The van der Waals surface area contributed by atoms with Crippen molar-refractivity contribution in [3.8, 4) is 0 Å². The standard InChI is InChI=1S/C20H25FN4O/c1-20(2,14-26)25-19(9-8-18-22-10-12-24(18)25)23-11-4-7-17(23)15-5-3-6-16(21)13-15/h3,5-6,8-10,13,17,26H,4,7,11-12,14H2,1-2H3/t17-/m1/s1. The third kappa shape index (κ3) is 2.78. The van der Waals surface area contributed by atoms with Gasteiger partial charge in [0, 0.05) is 12.8 Å². The smallest absolute Gasteiger partial charge is 0.147 e. The molecule has 0 aliphatic carbocycles. The molecular formula is C20H25FN4O. The monoisotopic (exact) mass is 356 g/mol. The van der Waals surface area contributed by atoms with Crippen LogP contribution in [0, 0.1) is 5.82 Å². The van der Waals surface area contributed by atoms with Gasteiger partial charge in [0.25, 0.3) is 0 Å². The van der Waals surface area contributed by atoms with Crippen LogP contribution in [0.1, 0.15) is 38.3 Å². The van der Waals surface area contributed by atoms with Crippen molar-refractivity contribution in [1.82, 2.24) is 14.9 Å². The summed E-state index contributed by atoms with van der Waals surface area (Å²) in [7, 11) is 0. The van der Waals surface area contributed by atoms with Gasteiger partial charge in [-0.05, 0) is 56.5 Å². The molecule has 0 bridgehead atoms. The van der Waals surface area contributed by atoms with Gasteiger partial charge in [-0.3, -0.25) is 10.0 Å². The molecule has 0 aromatic heterocycles. The van der Waals surface area contributed by atoms with Gasteiger partial charge in [-0.15, -0.1) is 0 Å². The summed E-state index contributed by atoms with van der Waals surface area (Å²) in [6.45, 7) is 5.66. The average molecular weight is 356 g/mol. The van der Waals surface area contributed by atoms with E-state index in [1.54, 1.807) is 12.1 Å². The number of hydrogen-bond donors (Lipinski definition) is 1. The molecule has 0 saturated carbocycles. The van der Waals surface area contributed by atoms with Gasteiger partial charge in [0.2, 0.25) is 0 Å². The first-order chi connectivity index (χ1) is 12.5. The molecule has 3 aliphatic heterocycles. The van der Waals surface area contributed by atoms with Gasteiger partial charge in [0.05, 0.1) is 24.7 Å². The van der Waals surface area contributed by atoms with Crippen LogP contribution in [-0.4, -0.2) is 51.5 Å². The van der Waals surface area contributed by atoms with Crippen LogP contribution in [0.5, 0.6) is 0 Å². The quantitative estimate of drug-likeness (QED) is 0.900. The molecule has 0 unspecified atom stereocenters. The normalized spacial score (nSPS) is 22.6. The lowest BCUT2D eigenvalue weighted by atomic mass is 10.0. The SMILES string of the molecule is CC(C)(CO)N1C(N2CCC[C@@H]2c2cccc(F)c2)=CC=C2N=CCN21. The number of nitrogens with zero attached hydrogens (tertiary/aromatic N) is 4. The van der Waals surface area contributed by atoms with Crippen molar-refractivity contribution in [1.29, 1.82) is 0 Å². The largest absolute Gasteiger partial charge is 0.394 e. The molecule has 3 heterocycles. The molecule has 26 heavy (non-hydrogen) atoms. The number of hydrogen-bond acceptors (Lipinski definition) is 5. The Morgan fingerprint density at radius 2 is 2.15 bits per heavy atom. The van der Waals surface area contributed by atoms with Crippen molar-refractivity contribution in [2.75, 3.05) is 19.7 Å². The maximum atomic E-state index is 13.8. The average Bonchev–Trinajstić information content (AvgIpc) is 3.29. The Morgan fingerprint density at radius 3 is 2.92 bits per heavy atom. The van der Waals surface area contributed by atoms with E-state index in [1.807, 2.05) is 32.2 Å². The molecule has 1 fully saturated rings. The molecule has 5 nitrogen and oxygen atoms in total. The van der Waals surface area contributed by atoms with E-state index in [2.05, 4.69) is 26.0 Å². The molecular weight excluding hydrogens is 331 g/mol. The molecule has 1 saturated heterocycles. The van der Waals surface area contributed by atoms with Gasteiger partial charge in [0.15, 0.2) is 0 Å². The van der Waals surface area contributed by atoms with E-state index in [0.29, 0.717) is 6.54 Å². The van der Waals surface area contributed by atoms with Gasteiger partial charge < -0.3 is 10.0 Å². The Morgan fingerprint density at radius 1 is 1.31 bits per heavy atom. The third-order valence-corrected chi connectivity index (χ3v) is 5.32. The first kappa shape index (κ1) is 17.1. The van der Waals surface area contributed by atoms with Crippen LogP contribution < -0.4 is 0 Å². The second-order valence-electron chi connectivity index (χ2n) is 7.63. The highest BCUT2D eigenvalue weighted by atomic mass is 19.1. The Balaban J connectivity index is 1.73. The summed E-state index contributed by atoms with van der Waals surface area (Å²) in [6.07, 6.45) is 8.02. The minimum absolute atomic E-state index is 0.0204. The van der Waals surface area contributed by atoms with Crippen molar-refractivity contribution < 1.29 is 9.50 Å². The topological polar surface area (TPSA) is 42.3 Å². The maximum absolute atomic E-state index is 13.8. The summed E-state index contributed by atoms with van der Waals surface area (Å²) in [5.41, 5.74) is 0.520. The molecule has 3 aliphatic rings. The Labute approximate surface area is 153 Å². The zero-order chi connectivity index (χ0) is 18.3. The predicted octanol–water partition coefficient (Wildman–Crippen LogP) is 3.03. The number of allylic oxidation sites excluding steroid dienone is 2. The van der Waals surface area contributed by atoms with Crippen molar-refractivity contribution in [2.45, 2.75) is 38.3 Å². The summed E-state index contributed by atoms with van der Waals surface area (Å²) in [6, 6.07) is 7.02. The second-order valence-corrected chi connectivity index (χ2v) is 7.63. The van der Waals surface area contributed by atoms with Gasteiger partial charge in [-0.2, -0.15) is 0 Å². The highest BCUT2D eigenvalue weighted by molar-refractivity contribution is 5.65. The molecule has 1 aromatic rings. The van der Waals surface area contributed by atoms with E-state index in [9.17, 15) is 9.50 Å². The molecule has 0 amide bonds. The fourth-order valence-corrected chi connectivity index (χ4v) is 4.05. The number of likely N-dealkylation sites (tertiary alicyclic amines) is 1. The molecule has 1 atom stereocenters. The fraction of sp³-hybridized carbons (Fsp3) is 0.450. The number of aliphatic hydroxyl groups excluding tert-OH is 1. The van der Waals surface area contributed by atoms with Gasteiger partial charge in [-0.25, -0.2) is 9.38 Å². The zero-order valence-corrected chi connectivity index (χ0v) is 15.3. The number of aliphatic hydroxyl groups is 1. The number of rotatable bonds is 4. The number of halogens is 1. The van der Waals surface area contributed by atoms with E-state index in [4.69, 9.17) is 0 Å². The van der Waals surface area contributed by atoms with Crippen LogP contribution in [0.15, 0.2) is 53.1 Å². The molecule has 138 valence electrons. The van der Waals surface area contributed by atoms with E-state index < -0.39 is 5.54 Å². The van der Waals surface area contributed by atoms with Gasteiger partial charge in [-0.1, -0.05) is 12.1 Å². The maximum Gasteiger partial charge on any atom is 0.147 e. The second kappa shape index (κ2) is 6.43. The van der Waals surface area contributed by atoms with Gasteiger partial charge in [0.1, 0.15) is 17.5 Å². The number of aliphatic imine (C=N–C) groups is 1. The predicted molar refractivity (Wildman–Crippen MR) is 99.4 cm³/mol. The summed E-state index contributed by atoms with van der Waals surface area (Å²) in [4.78, 5) is 6.76. The molecule has 6 heteroatoms. The summed E-state index contributed by atoms with van der Waals surface area (Å²) < 4.78 is 13.8.